The number of amides is 1. The van der Waals surface area contributed by atoms with Crippen LogP contribution in [0, 0.1) is 6.92 Å². The van der Waals surface area contributed by atoms with Gasteiger partial charge < -0.3 is 25.3 Å². The highest BCUT2D eigenvalue weighted by Crippen LogP contribution is 2.34. The van der Waals surface area contributed by atoms with E-state index in [0.29, 0.717) is 16.6 Å². The number of aliphatic carboxylic acids is 1. The van der Waals surface area contributed by atoms with Crippen LogP contribution >= 0.6 is 0 Å². The number of aromatic nitrogens is 1. The predicted octanol–water partition coefficient (Wildman–Crippen LogP) is 1.83. The van der Waals surface area contributed by atoms with E-state index < -0.39 is 30.2 Å². The topological polar surface area (TPSA) is 149 Å². The summed E-state index contributed by atoms with van der Waals surface area (Å²) >= 11 is 0. The Hall–Kier alpha value is -4.14. The zero-order chi connectivity index (χ0) is 22.0. The van der Waals surface area contributed by atoms with Gasteiger partial charge in [-0.1, -0.05) is 18.2 Å². The lowest BCUT2D eigenvalue weighted by molar-refractivity contribution is -0.139. The standard InChI is InChI=1S/C21H18N2O7/c1-11-17(19(26)20(22)27)18-14(3-2-4-15(18)30-10-16(24)25)23(11)9-12-5-7-13(8-6-12)21(28)29/h2-8H,9-10H2,1H3,(H2,22,27)(H,24,25)(H,28,29). The number of carbonyl (C=O) groups is 4. The van der Waals surface area contributed by atoms with E-state index in [1.54, 1.807) is 35.8 Å². The highest BCUT2D eigenvalue weighted by atomic mass is 16.5. The number of benzene rings is 2. The lowest BCUT2D eigenvalue weighted by atomic mass is 10.1. The number of Topliss-reactive ketones (excluding diaryl/α,β-unsaturated/α-hetero) is 1. The summed E-state index contributed by atoms with van der Waals surface area (Å²) < 4.78 is 7.09. The number of carboxylic acids is 2. The summed E-state index contributed by atoms with van der Waals surface area (Å²) in [7, 11) is 0. The van der Waals surface area contributed by atoms with Gasteiger partial charge in [-0.2, -0.15) is 0 Å². The molecule has 3 aromatic rings. The molecule has 1 amide bonds. The van der Waals surface area contributed by atoms with Crippen molar-refractivity contribution in [1.29, 1.82) is 0 Å². The van der Waals surface area contributed by atoms with Crippen LogP contribution < -0.4 is 10.5 Å². The van der Waals surface area contributed by atoms with E-state index in [9.17, 15) is 19.2 Å². The Morgan fingerprint density at radius 3 is 2.27 bits per heavy atom. The van der Waals surface area contributed by atoms with E-state index in [2.05, 4.69) is 0 Å². The van der Waals surface area contributed by atoms with Crippen LogP contribution in [0.1, 0.15) is 32.0 Å². The molecule has 0 atom stereocenters. The summed E-state index contributed by atoms with van der Waals surface area (Å²) in [5.74, 6) is -4.15. The van der Waals surface area contributed by atoms with Crippen LogP contribution in [0.5, 0.6) is 5.75 Å². The van der Waals surface area contributed by atoms with Crippen molar-refractivity contribution in [3.05, 3.63) is 64.8 Å². The average molecular weight is 410 g/mol. The van der Waals surface area contributed by atoms with Gasteiger partial charge in [0, 0.05) is 12.2 Å². The predicted molar refractivity (Wildman–Crippen MR) is 106 cm³/mol. The van der Waals surface area contributed by atoms with Gasteiger partial charge in [0.05, 0.1) is 22.0 Å². The molecule has 0 aliphatic heterocycles. The molecule has 1 aromatic heterocycles. The summed E-state index contributed by atoms with van der Waals surface area (Å²) in [5, 5.41) is 18.3. The van der Waals surface area contributed by atoms with Gasteiger partial charge in [0.1, 0.15) is 5.75 Å². The minimum atomic E-state index is -1.19. The number of ketones is 1. The number of carbonyl (C=O) groups excluding carboxylic acids is 2. The Kier molecular flexibility index (Phi) is 5.54. The van der Waals surface area contributed by atoms with Crippen LogP contribution in [-0.4, -0.2) is 45.0 Å². The average Bonchev–Trinajstić information content (AvgIpc) is 2.98. The van der Waals surface area contributed by atoms with Gasteiger partial charge in [0.2, 0.25) is 0 Å². The normalized spacial score (nSPS) is 10.7. The fraction of sp³-hybridized carbons (Fsp3) is 0.143. The quantitative estimate of drug-likeness (QED) is 0.379. The van der Waals surface area contributed by atoms with E-state index in [0.717, 1.165) is 5.56 Å². The summed E-state index contributed by atoms with van der Waals surface area (Å²) in [6.07, 6.45) is 0. The Morgan fingerprint density at radius 1 is 1.03 bits per heavy atom. The molecule has 0 saturated heterocycles. The van der Waals surface area contributed by atoms with Gasteiger partial charge in [-0.15, -0.1) is 0 Å². The van der Waals surface area contributed by atoms with E-state index >= 15 is 0 Å². The Bertz CT molecular complexity index is 1180. The van der Waals surface area contributed by atoms with Crippen molar-refractivity contribution in [3.8, 4) is 5.75 Å². The Morgan fingerprint density at radius 2 is 1.70 bits per heavy atom. The minimum Gasteiger partial charge on any atom is -0.481 e. The van der Waals surface area contributed by atoms with Crippen LogP contribution in [0.3, 0.4) is 0 Å². The molecule has 0 fully saturated rings. The molecule has 1 heterocycles. The van der Waals surface area contributed by atoms with Crippen molar-refractivity contribution in [3.63, 3.8) is 0 Å². The van der Waals surface area contributed by atoms with Gasteiger partial charge in [0.15, 0.2) is 6.61 Å². The lowest BCUT2D eigenvalue weighted by Crippen LogP contribution is -2.24. The number of aromatic carboxylic acids is 1. The maximum Gasteiger partial charge on any atom is 0.341 e. The van der Waals surface area contributed by atoms with Gasteiger partial charge >= 0.3 is 11.9 Å². The highest BCUT2D eigenvalue weighted by Gasteiger charge is 2.26. The number of hydrogen-bond donors (Lipinski definition) is 3. The number of primary amides is 1. The maximum absolute atomic E-state index is 12.5. The first kappa shape index (κ1) is 20.6. The Balaban J connectivity index is 2.16. The molecular formula is C21H18N2O7. The molecule has 9 heteroatoms. The first-order chi connectivity index (χ1) is 14.2. The van der Waals surface area contributed by atoms with Crippen molar-refractivity contribution in [2.24, 2.45) is 5.73 Å². The second-order valence-corrected chi connectivity index (χ2v) is 6.57. The molecule has 4 N–H and O–H groups in total. The second-order valence-electron chi connectivity index (χ2n) is 6.57. The number of carboxylic acid groups (broad SMARTS) is 2. The van der Waals surface area contributed by atoms with Crippen LogP contribution in [-0.2, 0) is 16.1 Å². The zero-order valence-corrected chi connectivity index (χ0v) is 15.9. The molecule has 0 radical (unpaired) electrons. The molecule has 0 bridgehead atoms. The monoisotopic (exact) mass is 410 g/mol. The van der Waals surface area contributed by atoms with Crippen LogP contribution in [0.15, 0.2) is 42.5 Å². The van der Waals surface area contributed by atoms with Crippen LogP contribution in [0.25, 0.3) is 10.9 Å². The SMILES string of the molecule is Cc1c(C(=O)C(N)=O)c2c(OCC(=O)O)cccc2n1Cc1ccc(C(=O)O)cc1. The molecular weight excluding hydrogens is 392 g/mol. The third kappa shape index (κ3) is 3.86. The zero-order valence-electron chi connectivity index (χ0n) is 15.9. The number of ether oxygens (including phenoxy) is 1. The highest BCUT2D eigenvalue weighted by molar-refractivity contribution is 6.45. The number of fused-ring (bicyclic) bond motifs is 1. The molecule has 0 aliphatic carbocycles. The largest absolute Gasteiger partial charge is 0.481 e. The number of nitrogens with zero attached hydrogens (tertiary/aromatic N) is 1. The summed E-state index contributed by atoms with van der Waals surface area (Å²) in [5.41, 5.74) is 7.15. The van der Waals surface area contributed by atoms with E-state index in [4.69, 9.17) is 20.7 Å². The second kappa shape index (κ2) is 8.08. The number of nitrogens with two attached hydrogens (primary N) is 1. The maximum atomic E-state index is 12.5. The minimum absolute atomic E-state index is 0.0423. The van der Waals surface area contributed by atoms with Crippen molar-refractivity contribution < 1.29 is 34.1 Å². The third-order valence-electron chi connectivity index (χ3n) is 4.66. The molecule has 30 heavy (non-hydrogen) atoms. The number of rotatable bonds is 8. The fourth-order valence-electron chi connectivity index (χ4n) is 3.29. The molecule has 0 spiro atoms. The third-order valence-corrected chi connectivity index (χ3v) is 4.66. The number of hydrogen-bond acceptors (Lipinski definition) is 5. The van der Waals surface area contributed by atoms with Gasteiger partial charge in [-0.05, 0) is 36.8 Å². The molecule has 9 nitrogen and oxygen atoms in total. The van der Waals surface area contributed by atoms with Gasteiger partial charge in [-0.25, -0.2) is 9.59 Å². The van der Waals surface area contributed by atoms with Gasteiger partial charge in [-0.3, -0.25) is 9.59 Å². The molecule has 0 unspecified atom stereocenters. The summed E-state index contributed by atoms with van der Waals surface area (Å²) in [6, 6.07) is 11.1. The van der Waals surface area contributed by atoms with Crippen molar-refractivity contribution in [2.75, 3.05) is 6.61 Å². The summed E-state index contributed by atoms with van der Waals surface area (Å²) in [6.45, 7) is 1.30. The van der Waals surface area contributed by atoms with Gasteiger partial charge in [0.25, 0.3) is 11.7 Å². The first-order valence-corrected chi connectivity index (χ1v) is 8.83. The molecule has 0 saturated carbocycles. The van der Waals surface area contributed by atoms with Crippen LogP contribution in [0.2, 0.25) is 0 Å². The first-order valence-electron chi connectivity index (χ1n) is 8.83. The molecule has 154 valence electrons. The van der Waals surface area contributed by atoms with Crippen molar-refractivity contribution >= 4 is 34.5 Å². The van der Waals surface area contributed by atoms with E-state index in [-0.39, 0.29) is 23.4 Å². The smallest absolute Gasteiger partial charge is 0.341 e. The van der Waals surface area contributed by atoms with Crippen molar-refractivity contribution in [2.45, 2.75) is 13.5 Å². The van der Waals surface area contributed by atoms with Crippen molar-refractivity contribution in [1.82, 2.24) is 4.57 Å². The van der Waals surface area contributed by atoms with Crippen LogP contribution in [0.4, 0.5) is 0 Å². The molecule has 0 aliphatic rings. The summed E-state index contributed by atoms with van der Waals surface area (Å²) in [4.78, 5) is 46.1. The fourth-order valence-corrected chi connectivity index (χ4v) is 3.29. The Labute approximate surface area is 170 Å². The molecule has 2 aromatic carbocycles. The molecule has 3 rings (SSSR count). The van der Waals surface area contributed by atoms with E-state index in [1.807, 2.05) is 0 Å². The lowest BCUT2D eigenvalue weighted by Gasteiger charge is -2.10. The van der Waals surface area contributed by atoms with E-state index in [1.165, 1.54) is 18.2 Å².